The molecule has 2 N–H and O–H groups in total. The molecule has 1 amide bonds. The summed E-state index contributed by atoms with van der Waals surface area (Å²) in [5, 5.41) is 2.91. The fourth-order valence-corrected chi connectivity index (χ4v) is 2.21. The lowest BCUT2D eigenvalue weighted by atomic mass is 10.2. The molecular formula is C12H24N2O3S. The molecule has 0 spiro atoms. The molecule has 1 aliphatic carbocycles. The van der Waals surface area contributed by atoms with E-state index in [0.29, 0.717) is 31.8 Å². The fraction of sp³-hybridized carbons (Fsp3) is 0.917. The Morgan fingerprint density at radius 1 is 1.22 bits per heavy atom. The van der Waals surface area contributed by atoms with Crippen LogP contribution in [0, 0.1) is 0 Å². The van der Waals surface area contributed by atoms with Crippen LogP contribution < -0.4 is 10.0 Å². The number of nitrogens with one attached hydrogen (secondary N) is 2. The van der Waals surface area contributed by atoms with Gasteiger partial charge in [0.15, 0.2) is 0 Å². The highest BCUT2D eigenvalue weighted by Crippen LogP contribution is 2.18. The second kappa shape index (κ2) is 6.02. The summed E-state index contributed by atoms with van der Waals surface area (Å²) in [6, 6.07) is 0.400. The maximum absolute atomic E-state index is 11.7. The summed E-state index contributed by atoms with van der Waals surface area (Å²) in [5.41, 5.74) is 0. The van der Waals surface area contributed by atoms with Gasteiger partial charge in [-0.1, -0.05) is 0 Å². The lowest BCUT2D eigenvalue weighted by Crippen LogP contribution is -2.39. The molecule has 0 radical (unpaired) electrons. The molecular weight excluding hydrogens is 252 g/mol. The molecule has 18 heavy (non-hydrogen) atoms. The molecule has 0 aliphatic heterocycles. The van der Waals surface area contributed by atoms with Crippen molar-refractivity contribution in [3.63, 3.8) is 0 Å². The van der Waals surface area contributed by atoms with Crippen molar-refractivity contribution in [2.75, 3.05) is 6.54 Å². The number of carbonyl (C=O) groups is 1. The molecule has 1 rings (SSSR count). The molecule has 0 aromatic heterocycles. The van der Waals surface area contributed by atoms with Crippen LogP contribution in [0.5, 0.6) is 0 Å². The largest absolute Gasteiger partial charge is 0.353 e. The average molecular weight is 276 g/mol. The van der Waals surface area contributed by atoms with E-state index in [1.54, 1.807) is 20.8 Å². The number of rotatable bonds is 7. The second-order valence-corrected chi connectivity index (χ2v) is 8.33. The van der Waals surface area contributed by atoms with Crippen LogP contribution in [0.3, 0.4) is 0 Å². The van der Waals surface area contributed by atoms with Crippen LogP contribution in [-0.4, -0.2) is 31.7 Å². The summed E-state index contributed by atoms with van der Waals surface area (Å²) >= 11 is 0. The third-order valence-electron chi connectivity index (χ3n) is 2.87. The number of amides is 1. The number of unbranched alkanes of at least 4 members (excludes halogenated alkanes) is 1. The molecule has 0 unspecified atom stereocenters. The molecule has 5 nitrogen and oxygen atoms in total. The third-order valence-corrected chi connectivity index (χ3v) is 5.07. The molecule has 1 aliphatic rings. The zero-order valence-corrected chi connectivity index (χ0v) is 12.3. The summed E-state index contributed by atoms with van der Waals surface area (Å²) < 4.78 is 25.2. The number of hydrogen-bond acceptors (Lipinski definition) is 3. The topological polar surface area (TPSA) is 75.3 Å². The van der Waals surface area contributed by atoms with Crippen molar-refractivity contribution in [2.45, 2.75) is 63.7 Å². The van der Waals surface area contributed by atoms with Gasteiger partial charge in [-0.05, 0) is 46.5 Å². The molecule has 106 valence electrons. The highest BCUT2D eigenvalue weighted by Gasteiger charge is 2.28. The van der Waals surface area contributed by atoms with Gasteiger partial charge in [0.25, 0.3) is 0 Å². The van der Waals surface area contributed by atoms with Crippen molar-refractivity contribution >= 4 is 15.9 Å². The van der Waals surface area contributed by atoms with Gasteiger partial charge in [-0.25, -0.2) is 13.1 Å². The maximum Gasteiger partial charge on any atom is 0.220 e. The molecule has 6 heteroatoms. The van der Waals surface area contributed by atoms with Crippen LogP contribution in [0.15, 0.2) is 0 Å². The highest BCUT2D eigenvalue weighted by atomic mass is 32.2. The first kappa shape index (κ1) is 15.4. The lowest BCUT2D eigenvalue weighted by Gasteiger charge is -2.19. The van der Waals surface area contributed by atoms with Crippen LogP contribution in [-0.2, 0) is 14.8 Å². The van der Waals surface area contributed by atoms with Gasteiger partial charge < -0.3 is 5.32 Å². The Hall–Kier alpha value is -0.620. The summed E-state index contributed by atoms with van der Waals surface area (Å²) in [4.78, 5) is 11.4. The van der Waals surface area contributed by atoms with E-state index in [9.17, 15) is 13.2 Å². The predicted octanol–water partition coefficient (Wildman–Crippen LogP) is 1.15. The average Bonchev–Trinajstić information content (AvgIpc) is 2.99. The Morgan fingerprint density at radius 3 is 2.33 bits per heavy atom. The van der Waals surface area contributed by atoms with E-state index in [1.807, 2.05) is 0 Å². The smallest absolute Gasteiger partial charge is 0.220 e. The Kier molecular flexibility index (Phi) is 5.16. The molecule has 0 aromatic carbocycles. The third kappa shape index (κ3) is 5.35. The van der Waals surface area contributed by atoms with Crippen molar-refractivity contribution in [3.8, 4) is 0 Å². The highest BCUT2D eigenvalue weighted by molar-refractivity contribution is 7.90. The van der Waals surface area contributed by atoms with Crippen molar-refractivity contribution in [3.05, 3.63) is 0 Å². The van der Waals surface area contributed by atoms with Crippen LogP contribution in [0.1, 0.15) is 52.9 Å². The summed E-state index contributed by atoms with van der Waals surface area (Å²) in [6.07, 6.45) is 4.07. The van der Waals surface area contributed by atoms with Gasteiger partial charge in [0.1, 0.15) is 0 Å². The minimum absolute atomic E-state index is 0.0798. The molecule has 0 aromatic rings. The summed E-state index contributed by atoms with van der Waals surface area (Å²) in [6.45, 7) is 5.39. The first-order valence-electron chi connectivity index (χ1n) is 6.51. The maximum atomic E-state index is 11.7. The summed E-state index contributed by atoms with van der Waals surface area (Å²) in [5.74, 6) is 0.0798. The molecule has 1 fully saturated rings. The zero-order valence-electron chi connectivity index (χ0n) is 11.5. The van der Waals surface area contributed by atoms with E-state index in [1.165, 1.54) is 0 Å². The van der Waals surface area contributed by atoms with Crippen LogP contribution in [0.2, 0.25) is 0 Å². The molecule has 0 saturated heterocycles. The van der Waals surface area contributed by atoms with Gasteiger partial charge in [0.2, 0.25) is 15.9 Å². The lowest BCUT2D eigenvalue weighted by molar-refractivity contribution is -0.121. The Labute approximate surface area is 110 Å². The van der Waals surface area contributed by atoms with Crippen LogP contribution in [0.4, 0.5) is 0 Å². The minimum Gasteiger partial charge on any atom is -0.353 e. The minimum atomic E-state index is -3.26. The SMILES string of the molecule is CC(C)(C)S(=O)(=O)NCCCCC(=O)NC1CC1. The monoisotopic (exact) mass is 276 g/mol. The quantitative estimate of drug-likeness (QED) is 0.685. The van der Waals surface area contributed by atoms with Gasteiger partial charge in [0, 0.05) is 19.0 Å². The van der Waals surface area contributed by atoms with Crippen LogP contribution >= 0.6 is 0 Å². The number of sulfonamides is 1. The number of hydrogen-bond donors (Lipinski definition) is 2. The molecule has 0 atom stereocenters. The van der Waals surface area contributed by atoms with Gasteiger partial charge in [-0.2, -0.15) is 0 Å². The summed E-state index contributed by atoms with van der Waals surface area (Å²) in [7, 11) is -3.26. The Bertz CT molecular complexity index is 381. The van der Waals surface area contributed by atoms with Crippen LogP contribution in [0.25, 0.3) is 0 Å². The van der Waals surface area contributed by atoms with Crippen molar-refractivity contribution in [1.82, 2.24) is 10.0 Å². The zero-order chi connectivity index (χ0) is 13.8. The normalized spacial score (nSPS) is 16.6. The molecule has 0 heterocycles. The van der Waals surface area contributed by atoms with Gasteiger partial charge in [0.05, 0.1) is 4.75 Å². The van der Waals surface area contributed by atoms with E-state index in [-0.39, 0.29) is 5.91 Å². The second-order valence-electron chi connectivity index (χ2n) is 5.81. The van der Waals surface area contributed by atoms with Gasteiger partial charge >= 0.3 is 0 Å². The van der Waals surface area contributed by atoms with E-state index < -0.39 is 14.8 Å². The molecule has 1 saturated carbocycles. The van der Waals surface area contributed by atoms with E-state index >= 15 is 0 Å². The number of carbonyl (C=O) groups excluding carboxylic acids is 1. The standard InChI is InChI=1S/C12H24N2O3S/c1-12(2,3)18(16,17)13-9-5-4-6-11(15)14-10-7-8-10/h10,13H,4-9H2,1-3H3,(H,14,15). The van der Waals surface area contributed by atoms with Crippen molar-refractivity contribution in [1.29, 1.82) is 0 Å². The van der Waals surface area contributed by atoms with E-state index in [4.69, 9.17) is 0 Å². The Morgan fingerprint density at radius 2 is 1.83 bits per heavy atom. The van der Waals surface area contributed by atoms with Gasteiger partial charge in [-0.15, -0.1) is 0 Å². The van der Waals surface area contributed by atoms with Crippen molar-refractivity contribution in [2.24, 2.45) is 0 Å². The predicted molar refractivity (Wildman–Crippen MR) is 71.7 cm³/mol. The van der Waals surface area contributed by atoms with Gasteiger partial charge in [-0.3, -0.25) is 4.79 Å². The first-order chi connectivity index (χ1) is 8.22. The van der Waals surface area contributed by atoms with E-state index in [2.05, 4.69) is 10.0 Å². The van der Waals surface area contributed by atoms with Crippen molar-refractivity contribution < 1.29 is 13.2 Å². The van der Waals surface area contributed by atoms with E-state index in [0.717, 1.165) is 12.8 Å². The molecule has 0 bridgehead atoms. The first-order valence-corrected chi connectivity index (χ1v) is 7.99. The fourth-order valence-electron chi connectivity index (χ4n) is 1.36. The Balaban J connectivity index is 2.09.